The molecule has 2 nitrogen and oxygen atoms in total. The highest BCUT2D eigenvalue weighted by Crippen LogP contribution is 2.36. The summed E-state index contributed by atoms with van der Waals surface area (Å²) in [5, 5.41) is 0. The Morgan fingerprint density at radius 2 is 2.25 bits per heavy atom. The summed E-state index contributed by atoms with van der Waals surface area (Å²) in [6.07, 6.45) is 3.88. The van der Waals surface area contributed by atoms with Gasteiger partial charge in [-0.15, -0.1) is 0 Å². The third-order valence-corrected chi connectivity index (χ3v) is 3.16. The highest BCUT2D eigenvalue weighted by atomic mass is 16.5. The van der Waals surface area contributed by atoms with E-state index >= 15 is 0 Å². The molecule has 0 radical (unpaired) electrons. The summed E-state index contributed by atoms with van der Waals surface area (Å²) < 4.78 is 5.61. The number of ether oxygens (including phenoxy) is 1. The van der Waals surface area contributed by atoms with Crippen molar-refractivity contribution in [2.45, 2.75) is 38.5 Å². The standard InChI is InChI=1S/C14H18O2/c1-11(15)5-4-6-12-9-10-16-14-8-3-2-7-13(12)14/h2-3,7-8,12H,4-6,9-10H2,1H3. The highest BCUT2D eigenvalue weighted by Gasteiger charge is 2.20. The van der Waals surface area contributed by atoms with Crippen molar-refractivity contribution >= 4 is 5.78 Å². The first kappa shape index (κ1) is 11.2. The van der Waals surface area contributed by atoms with Crippen molar-refractivity contribution in [1.82, 2.24) is 0 Å². The van der Waals surface area contributed by atoms with Crippen molar-refractivity contribution < 1.29 is 9.53 Å². The van der Waals surface area contributed by atoms with Crippen LogP contribution in [0.5, 0.6) is 5.75 Å². The molecule has 1 aliphatic heterocycles. The van der Waals surface area contributed by atoms with Gasteiger partial charge in [0.1, 0.15) is 11.5 Å². The number of fused-ring (bicyclic) bond motifs is 1. The van der Waals surface area contributed by atoms with E-state index in [1.807, 2.05) is 12.1 Å². The minimum Gasteiger partial charge on any atom is -0.493 e. The predicted molar refractivity (Wildman–Crippen MR) is 63.8 cm³/mol. The summed E-state index contributed by atoms with van der Waals surface area (Å²) in [6, 6.07) is 8.25. The number of ketones is 1. The molecule has 0 aliphatic carbocycles. The average molecular weight is 218 g/mol. The van der Waals surface area contributed by atoms with Gasteiger partial charge in [0.2, 0.25) is 0 Å². The largest absolute Gasteiger partial charge is 0.493 e. The quantitative estimate of drug-likeness (QED) is 0.775. The van der Waals surface area contributed by atoms with Gasteiger partial charge in [-0.25, -0.2) is 0 Å². The van der Waals surface area contributed by atoms with Crippen molar-refractivity contribution in [3.05, 3.63) is 29.8 Å². The molecular weight excluding hydrogens is 200 g/mol. The van der Waals surface area contributed by atoms with Crippen LogP contribution in [0.3, 0.4) is 0 Å². The number of Topliss-reactive ketones (excluding diaryl/α,β-unsaturated/α-hetero) is 1. The Bertz CT molecular complexity index is 371. The number of hydrogen-bond donors (Lipinski definition) is 0. The van der Waals surface area contributed by atoms with Crippen molar-refractivity contribution in [3.8, 4) is 5.75 Å². The number of carbonyl (C=O) groups is 1. The number of rotatable bonds is 4. The molecule has 0 saturated carbocycles. The molecule has 1 heterocycles. The molecule has 0 N–H and O–H groups in total. The second-order valence-electron chi connectivity index (χ2n) is 4.47. The summed E-state index contributed by atoms with van der Waals surface area (Å²) in [5.74, 6) is 1.89. The van der Waals surface area contributed by atoms with Crippen LogP contribution in [0.1, 0.15) is 44.1 Å². The van der Waals surface area contributed by atoms with Gasteiger partial charge in [0, 0.05) is 6.42 Å². The molecule has 86 valence electrons. The van der Waals surface area contributed by atoms with E-state index in [1.54, 1.807) is 6.92 Å². The lowest BCUT2D eigenvalue weighted by molar-refractivity contribution is -0.117. The van der Waals surface area contributed by atoms with Crippen LogP contribution in [0, 0.1) is 0 Å². The molecule has 1 aromatic carbocycles. The first-order valence-electron chi connectivity index (χ1n) is 5.98. The van der Waals surface area contributed by atoms with E-state index in [0.29, 0.717) is 18.1 Å². The van der Waals surface area contributed by atoms with E-state index in [4.69, 9.17) is 4.74 Å². The topological polar surface area (TPSA) is 26.3 Å². The summed E-state index contributed by atoms with van der Waals surface area (Å²) in [4.78, 5) is 10.9. The van der Waals surface area contributed by atoms with Crippen LogP contribution in [0.4, 0.5) is 0 Å². The fourth-order valence-electron chi connectivity index (χ4n) is 2.31. The molecule has 0 spiro atoms. The van der Waals surface area contributed by atoms with Crippen LogP contribution < -0.4 is 4.74 Å². The normalized spacial score (nSPS) is 18.7. The number of benzene rings is 1. The van der Waals surface area contributed by atoms with E-state index in [0.717, 1.165) is 31.6 Å². The Hall–Kier alpha value is -1.31. The van der Waals surface area contributed by atoms with Crippen molar-refractivity contribution in [2.24, 2.45) is 0 Å². The molecule has 1 unspecified atom stereocenters. The lowest BCUT2D eigenvalue weighted by atomic mass is 9.88. The molecule has 16 heavy (non-hydrogen) atoms. The lowest BCUT2D eigenvalue weighted by Gasteiger charge is -2.25. The highest BCUT2D eigenvalue weighted by molar-refractivity contribution is 5.75. The Kier molecular flexibility index (Phi) is 3.60. The van der Waals surface area contributed by atoms with Crippen molar-refractivity contribution in [2.75, 3.05) is 6.61 Å². The van der Waals surface area contributed by atoms with Crippen LogP contribution in [0.2, 0.25) is 0 Å². The van der Waals surface area contributed by atoms with Crippen LogP contribution in [0.25, 0.3) is 0 Å². The SMILES string of the molecule is CC(=O)CCCC1CCOc2ccccc21. The van der Waals surface area contributed by atoms with Gasteiger partial charge >= 0.3 is 0 Å². The van der Waals surface area contributed by atoms with Crippen molar-refractivity contribution in [1.29, 1.82) is 0 Å². The first-order valence-corrected chi connectivity index (χ1v) is 5.98. The van der Waals surface area contributed by atoms with Gasteiger partial charge in [0.25, 0.3) is 0 Å². The molecule has 1 aromatic rings. The average Bonchev–Trinajstić information content (AvgIpc) is 2.29. The molecular formula is C14H18O2. The zero-order chi connectivity index (χ0) is 11.4. The van der Waals surface area contributed by atoms with E-state index in [1.165, 1.54) is 5.56 Å². The van der Waals surface area contributed by atoms with Gasteiger partial charge in [0.05, 0.1) is 6.61 Å². The summed E-state index contributed by atoms with van der Waals surface area (Å²) in [5.41, 5.74) is 1.32. The first-order chi connectivity index (χ1) is 7.77. The molecule has 0 amide bonds. The van der Waals surface area contributed by atoms with Crippen molar-refractivity contribution in [3.63, 3.8) is 0 Å². The molecule has 1 atom stereocenters. The molecule has 0 fully saturated rings. The smallest absolute Gasteiger partial charge is 0.129 e. The molecule has 0 saturated heterocycles. The Balaban J connectivity index is 1.99. The van der Waals surface area contributed by atoms with E-state index < -0.39 is 0 Å². The van der Waals surface area contributed by atoms with Gasteiger partial charge in [0.15, 0.2) is 0 Å². The molecule has 1 aliphatic rings. The van der Waals surface area contributed by atoms with Gasteiger partial charge in [-0.05, 0) is 43.7 Å². The monoisotopic (exact) mass is 218 g/mol. The summed E-state index contributed by atoms with van der Waals surface area (Å²) in [6.45, 7) is 2.47. The molecule has 2 rings (SSSR count). The van der Waals surface area contributed by atoms with Gasteiger partial charge in [-0.1, -0.05) is 18.2 Å². The molecule has 0 aromatic heterocycles. The second-order valence-corrected chi connectivity index (χ2v) is 4.47. The summed E-state index contributed by atoms with van der Waals surface area (Å²) in [7, 11) is 0. The van der Waals surface area contributed by atoms with E-state index in [2.05, 4.69) is 12.1 Å². The van der Waals surface area contributed by atoms with Crippen LogP contribution in [-0.4, -0.2) is 12.4 Å². The maximum atomic E-state index is 10.9. The van der Waals surface area contributed by atoms with E-state index in [-0.39, 0.29) is 0 Å². The third kappa shape index (κ3) is 2.63. The predicted octanol–water partition coefficient (Wildman–Crippen LogP) is 3.31. The van der Waals surface area contributed by atoms with E-state index in [9.17, 15) is 4.79 Å². The van der Waals surface area contributed by atoms with Crippen LogP contribution in [-0.2, 0) is 4.79 Å². The minimum atomic E-state index is 0.292. The number of carbonyl (C=O) groups excluding carboxylic acids is 1. The Labute approximate surface area is 96.6 Å². The number of para-hydroxylation sites is 1. The lowest BCUT2D eigenvalue weighted by Crippen LogP contribution is -2.14. The second kappa shape index (κ2) is 5.15. The van der Waals surface area contributed by atoms with Crippen LogP contribution >= 0.6 is 0 Å². The zero-order valence-corrected chi connectivity index (χ0v) is 9.74. The minimum absolute atomic E-state index is 0.292. The Morgan fingerprint density at radius 1 is 1.44 bits per heavy atom. The van der Waals surface area contributed by atoms with Gasteiger partial charge in [-0.3, -0.25) is 0 Å². The molecule has 0 bridgehead atoms. The third-order valence-electron chi connectivity index (χ3n) is 3.16. The maximum Gasteiger partial charge on any atom is 0.129 e. The van der Waals surface area contributed by atoms with Crippen LogP contribution in [0.15, 0.2) is 24.3 Å². The molecule has 2 heteroatoms. The fraction of sp³-hybridized carbons (Fsp3) is 0.500. The van der Waals surface area contributed by atoms with Gasteiger partial charge in [-0.2, -0.15) is 0 Å². The number of hydrogen-bond acceptors (Lipinski definition) is 2. The maximum absolute atomic E-state index is 10.9. The summed E-state index contributed by atoms with van der Waals surface area (Å²) >= 11 is 0. The Morgan fingerprint density at radius 3 is 3.06 bits per heavy atom. The fourth-order valence-corrected chi connectivity index (χ4v) is 2.31. The zero-order valence-electron chi connectivity index (χ0n) is 9.74. The van der Waals surface area contributed by atoms with Gasteiger partial charge < -0.3 is 9.53 Å².